The molecule has 1 rings (SSSR count). The Morgan fingerprint density at radius 2 is 1.86 bits per heavy atom. The maximum atomic E-state index is 9.00. The van der Waals surface area contributed by atoms with E-state index in [1.165, 1.54) is 16.7 Å². The first kappa shape index (κ1) is 12.7. The first-order valence-corrected chi connectivity index (χ1v) is 4.73. The van der Waals surface area contributed by atoms with Crippen molar-refractivity contribution in [1.29, 1.82) is 0 Å². The lowest BCUT2D eigenvalue weighted by atomic mass is 10.0. The van der Waals surface area contributed by atoms with Gasteiger partial charge < -0.3 is 5.11 Å². The van der Waals surface area contributed by atoms with Crippen LogP contribution in [0.15, 0.2) is 18.2 Å². The van der Waals surface area contributed by atoms with E-state index in [1.807, 2.05) is 0 Å². The van der Waals surface area contributed by atoms with Gasteiger partial charge in [-0.05, 0) is 31.4 Å². The van der Waals surface area contributed by atoms with E-state index in [4.69, 9.17) is 9.90 Å². The van der Waals surface area contributed by atoms with Crippen LogP contribution in [0.5, 0.6) is 0 Å². The standard InChI is InChI=1S/C10H14.C2H4O2/c1-4-10-7-8(2)5-6-9(10)3;1-2(3)4/h5-7H,4H2,1-3H3;1H3,(H,3,4). The van der Waals surface area contributed by atoms with Gasteiger partial charge in [-0.15, -0.1) is 0 Å². The van der Waals surface area contributed by atoms with Crippen molar-refractivity contribution >= 4 is 5.97 Å². The van der Waals surface area contributed by atoms with Crippen LogP contribution in [0.25, 0.3) is 0 Å². The lowest BCUT2D eigenvalue weighted by Gasteiger charge is -2.02. The largest absolute Gasteiger partial charge is 0.481 e. The highest BCUT2D eigenvalue weighted by Crippen LogP contribution is 2.10. The maximum absolute atomic E-state index is 9.00. The highest BCUT2D eigenvalue weighted by molar-refractivity contribution is 5.62. The van der Waals surface area contributed by atoms with E-state index in [0.29, 0.717) is 0 Å². The third-order valence-electron chi connectivity index (χ3n) is 1.89. The molecule has 1 N–H and O–H groups in total. The number of aryl methyl sites for hydroxylation is 3. The van der Waals surface area contributed by atoms with Crippen LogP contribution < -0.4 is 0 Å². The van der Waals surface area contributed by atoms with Gasteiger partial charge in [0.05, 0.1) is 0 Å². The minimum Gasteiger partial charge on any atom is -0.481 e. The van der Waals surface area contributed by atoms with Crippen molar-refractivity contribution < 1.29 is 9.90 Å². The zero-order chi connectivity index (χ0) is 11.1. The SMILES string of the molecule is CC(=O)O.CCc1cc(C)ccc1C. The van der Waals surface area contributed by atoms with Crippen LogP contribution in [-0.4, -0.2) is 11.1 Å². The number of hydrogen-bond acceptors (Lipinski definition) is 1. The minimum atomic E-state index is -0.833. The van der Waals surface area contributed by atoms with E-state index < -0.39 is 5.97 Å². The van der Waals surface area contributed by atoms with Gasteiger partial charge in [0.1, 0.15) is 0 Å². The molecule has 0 unspecified atom stereocenters. The second kappa shape index (κ2) is 6.19. The molecule has 0 amide bonds. The summed E-state index contributed by atoms with van der Waals surface area (Å²) < 4.78 is 0. The molecule has 2 nitrogen and oxygen atoms in total. The van der Waals surface area contributed by atoms with Crippen molar-refractivity contribution in [3.05, 3.63) is 34.9 Å². The molecule has 0 radical (unpaired) electrons. The summed E-state index contributed by atoms with van der Waals surface area (Å²) in [6.45, 7) is 7.58. The molecular weight excluding hydrogens is 176 g/mol. The Bertz CT molecular complexity index is 299. The molecule has 0 bridgehead atoms. The summed E-state index contributed by atoms with van der Waals surface area (Å²) in [5.74, 6) is -0.833. The molecule has 14 heavy (non-hydrogen) atoms. The minimum absolute atomic E-state index is 0.833. The molecule has 1 aromatic rings. The van der Waals surface area contributed by atoms with Gasteiger partial charge in [0.25, 0.3) is 5.97 Å². The molecule has 2 heteroatoms. The molecule has 1 aromatic carbocycles. The van der Waals surface area contributed by atoms with Crippen LogP contribution in [0, 0.1) is 13.8 Å². The van der Waals surface area contributed by atoms with Gasteiger partial charge in [0, 0.05) is 6.92 Å². The van der Waals surface area contributed by atoms with Crippen molar-refractivity contribution in [2.75, 3.05) is 0 Å². The van der Waals surface area contributed by atoms with Crippen LogP contribution in [0.1, 0.15) is 30.5 Å². The number of rotatable bonds is 1. The van der Waals surface area contributed by atoms with E-state index in [-0.39, 0.29) is 0 Å². The second-order valence-electron chi connectivity index (χ2n) is 3.30. The zero-order valence-electron chi connectivity index (χ0n) is 9.29. The molecule has 0 saturated heterocycles. The van der Waals surface area contributed by atoms with Gasteiger partial charge in [-0.2, -0.15) is 0 Å². The highest BCUT2D eigenvalue weighted by atomic mass is 16.4. The van der Waals surface area contributed by atoms with Crippen molar-refractivity contribution in [2.45, 2.75) is 34.1 Å². The quantitative estimate of drug-likeness (QED) is 0.746. The molecule has 0 aliphatic heterocycles. The third kappa shape index (κ3) is 5.36. The van der Waals surface area contributed by atoms with Crippen LogP contribution in [0.2, 0.25) is 0 Å². The first-order chi connectivity index (χ1) is 6.47. The average Bonchev–Trinajstić information content (AvgIpc) is 2.08. The molecule has 0 aromatic heterocycles. The predicted molar refractivity (Wildman–Crippen MR) is 58.6 cm³/mol. The van der Waals surface area contributed by atoms with E-state index in [2.05, 4.69) is 39.0 Å². The summed E-state index contributed by atoms with van der Waals surface area (Å²) in [7, 11) is 0. The van der Waals surface area contributed by atoms with Gasteiger partial charge in [-0.25, -0.2) is 0 Å². The van der Waals surface area contributed by atoms with Gasteiger partial charge >= 0.3 is 0 Å². The van der Waals surface area contributed by atoms with Crippen molar-refractivity contribution in [2.24, 2.45) is 0 Å². The molecule has 0 fully saturated rings. The fourth-order valence-corrected chi connectivity index (χ4v) is 1.18. The van der Waals surface area contributed by atoms with E-state index in [0.717, 1.165) is 13.3 Å². The Labute approximate surface area is 85.6 Å². The normalized spacial score (nSPS) is 8.86. The number of aliphatic carboxylic acids is 1. The Morgan fingerprint density at radius 3 is 2.21 bits per heavy atom. The van der Waals surface area contributed by atoms with Gasteiger partial charge in [0.2, 0.25) is 0 Å². The Hall–Kier alpha value is -1.31. The van der Waals surface area contributed by atoms with Crippen LogP contribution >= 0.6 is 0 Å². The van der Waals surface area contributed by atoms with Crippen molar-refractivity contribution in [3.8, 4) is 0 Å². The monoisotopic (exact) mass is 194 g/mol. The summed E-state index contributed by atoms with van der Waals surface area (Å²) in [4.78, 5) is 9.00. The Morgan fingerprint density at radius 1 is 1.36 bits per heavy atom. The lowest BCUT2D eigenvalue weighted by Crippen LogP contribution is -1.86. The number of carboxylic acid groups (broad SMARTS) is 1. The van der Waals surface area contributed by atoms with Gasteiger partial charge in [-0.3, -0.25) is 4.79 Å². The molecule has 78 valence electrons. The Kier molecular flexibility index (Phi) is 5.61. The topological polar surface area (TPSA) is 37.3 Å². The summed E-state index contributed by atoms with van der Waals surface area (Å²) in [6.07, 6.45) is 1.15. The van der Waals surface area contributed by atoms with Crippen molar-refractivity contribution in [1.82, 2.24) is 0 Å². The van der Waals surface area contributed by atoms with E-state index >= 15 is 0 Å². The number of benzene rings is 1. The van der Waals surface area contributed by atoms with E-state index in [1.54, 1.807) is 0 Å². The van der Waals surface area contributed by atoms with Gasteiger partial charge in [-0.1, -0.05) is 30.7 Å². The number of carboxylic acids is 1. The summed E-state index contributed by atoms with van der Waals surface area (Å²) in [6, 6.07) is 6.61. The molecule has 0 spiro atoms. The van der Waals surface area contributed by atoms with Crippen LogP contribution in [0.4, 0.5) is 0 Å². The fraction of sp³-hybridized carbons (Fsp3) is 0.417. The molecule has 0 aliphatic rings. The summed E-state index contributed by atoms with van der Waals surface area (Å²) >= 11 is 0. The summed E-state index contributed by atoms with van der Waals surface area (Å²) in [5.41, 5.74) is 4.25. The highest BCUT2D eigenvalue weighted by Gasteiger charge is 1.93. The smallest absolute Gasteiger partial charge is 0.300 e. The molecular formula is C12H18O2. The Balaban J connectivity index is 0.000000364. The fourth-order valence-electron chi connectivity index (χ4n) is 1.18. The van der Waals surface area contributed by atoms with Gasteiger partial charge in [0.15, 0.2) is 0 Å². The predicted octanol–water partition coefficient (Wildman–Crippen LogP) is 2.96. The second-order valence-corrected chi connectivity index (χ2v) is 3.30. The number of carbonyl (C=O) groups is 1. The number of hydrogen-bond donors (Lipinski definition) is 1. The zero-order valence-corrected chi connectivity index (χ0v) is 9.29. The first-order valence-electron chi connectivity index (χ1n) is 4.73. The lowest BCUT2D eigenvalue weighted by molar-refractivity contribution is -0.134. The van der Waals surface area contributed by atoms with Crippen LogP contribution in [0.3, 0.4) is 0 Å². The van der Waals surface area contributed by atoms with Crippen molar-refractivity contribution in [3.63, 3.8) is 0 Å². The molecule has 0 heterocycles. The molecule has 0 aliphatic carbocycles. The average molecular weight is 194 g/mol. The summed E-state index contributed by atoms with van der Waals surface area (Å²) in [5, 5.41) is 7.42. The van der Waals surface area contributed by atoms with E-state index in [9.17, 15) is 0 Å². The maximum Gasteiger partial charge on any atom is 0.300 e. The molecule has 0 saturated carbocycles. The molecule has 0 atom stereocenters. The third-order valence-corrected chi connectivity index (χ3v) is 1.89. The van der Waals surface area contributed by atoms with Crippen LogP contribution in [-0.2, 0) is 11.2 Å².